The van der Waals surface area contributed by atoms with Crippen LogP contribution >= 0.6 is 0 Å². The van der Waals surface area contributed by atoms with Gasteiger partial charge in [0.2, 0.25) is 10.0 Å². The van der Waals surface area contributed by atoms with E-state index < -0.39 is 14.9 Å². The molecule has 0 atom stereocenters. The molecule has 0 spiro atoms. The van der Waals surface area contributed by atoms with Gasteiger partial charge in [0.05, 0.1) is 9.82 Å². The van der Waals surface area contributed by atoms with Gasteiger partial charge in [0.1, 0.15) is 5.69 Å². The molecule has 0 bridgehead atoms. The molecule has 1 fully saturated rings. The summed E-state index contributed by atoms with van der Waals surface area (Å²) >= 11 is 0. The van der Waals surface area contributed by atoms with Crippen molar-refractivity contribution in [1.29, 1.82) is 0 Å². The first-order valence-corrected chi connectivity index (χ1v) is 13.1. The zero-order valence-corrected chi connectivity index (χ0v) is 20.7. The van der Waals surface area contributed by atoms with Gasteiger partial charge in [-0.15, -0.1) is 0 Å². The zero-order valence-electron chi connectivity index (χ0n) is 19.9. The standard InChI is InChI=1S/C26H30N4O4S/c1-20(2)22-10-8-21(9-11-22)19-27-25-18-23(12-13-26(25)30(31)32)28-14-16-29(17-15-28)35(33,34)24-6-4-3-5-7-24/h3-13,18,20,27H,14-17,19H2,1-2H3. The Hall–Kier alpha value is -3.43. The van der Waals surface area contributed by atoms with Crippen LogP contribution in [-0.2, 0) is 16.6 Å². The van der Waals surface area contributed by atoms with Crippen LogP contribution in [0.15, 0.2) is 77.7 Å². The molecular formula is C26H30N4O4S. The van der Waals surface area contributed by atoms with E-state index in [0.29, 0.717) is 44.3 Å². The van der Waals surface area contributed by atoms with E-state index in [1.54, 1.807) is 42.5 Å². The lowest BCUT2D eigenvalue weighted by molar-refractivity contribution is -0.384. The minimum atomic E-state index is -3.54. The van der Waals surface area contributed by atoms with Gasteiger partial charge in [0.15, 0.2) is 0 Å². The molecule has 0 unspecified atom stereocenters. The Labute approximate surface area is 206 Å². The lowest BCUT2D eigenvalue weighted by Crippen LogP contribution is -2.48. The number of hydrogen-bond acceptors (Lipinski definition) is 6. The van der Waals surface area contributed by atoms with Crippen LogP contribution in [0.1, 0.15) is 30.9 Å². The number of anilines is 2. The van der Waals surface area contributed by atoms with Crippen LogP contribution in [0.5, 0.6) is 0 Å². The summed E-state index contributed by atoms with van der Waals surface area (Å²) in [5, 5.41) is 14.8. The van der Waals surface area contributed by atoms with Crippen molar-refractivity contribution in [2.24, 2.45) is 0 Å². The molecular weight excluding hydrogens is 464 g/mol. The van der Waals surface area contributed by atoms with Crippen LogP contribution < -0.4 is 10.2 Å². The third kappa shape index (κ3) is 5.63. The van der Waals surface area contributed by atoms with Crippen LogP contribution in [0.3, 0.4) is 0 Å². The molecule has 1 N–H and O–H groups in total. The molecule has 35 heavy (non-hydrogen) atoms. The van der Waals surface area contributed by atoms with Crippen molar-refractivity contribution in [2.45, 2.75) is 31.2 Å². The molecule has 1 heterocycles. The Morgan fingerprint density at radius 1 is 0.943 bits per heavy atom. The monoisotopic (exact) mass is 494 g/mol. The predicted octanol–water partition coefficient (Wildman–Crippen LogP) is 4.84. The fraction of sp³-hybridized carbons (Fsp3) is 0.308. The molecule has 0 amide bonds. The van der Waals surface area contributed by atoms with Crippen LogP contribution in [0, 0.1) is 10.1 Å². The number of nitro benzene ring substituents is 1. The molecule has 3 aromatic rings. The number of rotatable bonds is 8. The Morgan fingerprint density at radius 3 is 2.20 bits per heavy atom. The highest BCUT2D eigenvalue weighted by atomic mass is 32.2. The highest BCUT2D eigenvalue weighted by Gasteiger charge is 2.29. The van der Waals surface area contributed by atoms with Gasteiger partial charge in [0.25, 0.3) is 5.69 Å². The highest BCUT2D eigenvalue weighted by molar-refractivity contribution is 7.89. The van der Waals surface area contributed by atoms with E-state index in [1.807, 2.05) is 12.1 Å². The SMILES string of the molecule is CC(C)c1ccc(CNc2cc(N3CCN(S(=O)(=O)c4ccccc4)CC3)ccc2[N+](=O)[O-])cc1. The Morgan fingerprint density at radius 2 is 1.60 bits per heavy atom. The molecule has 9 heteroatoms. The van der Waals surface area contributed by atoms with Crippen molar-refractivity contribution in [3.63, 3.8) is 0 Å². The van der Waals surface area contributed by atoms with E-state index in [4.69, 9.17) is 0 Å². The van der Waals surface area contributed by atoms with Crippen LogP contribution in [0.4, 0.5) is 17.1 Å². The zero-order chi connectivity index (χ0) is 25.0. The van der Waals surface area contributed by atoms with E-state index in [1.165, 1.54) is 15.9 Å². The van der Waals surface area contributed by atoms with Crippen molar-refractivity contribution in [3.8, 4) is 0 Å². The molecule has 1 saturated heterocycles. The highest BCUT2D eigenvalue weighted by Crippen LogP contribution is 2.31. The Kier molecular flexibility index (Phi) is 7.37. The maximum atomic E-state index is 12.9. The second-order valence-corrected chi connectivity index (χ2v) is 10.9. The normalized spacial score (nSPS) is 14.8. The van der Waals surface area contributed by atoms with Gasteiger partial charge in [-0.2, -0.15) is 4.31 Å². The molecule has 1 aliphatic heterocycles. The number of nitrogens with one attached hydrogen (secondary N) is 1. The van der Waals surface area contributed by atoms with Gasteiger partial charge < -0.3 is 10.2 Å². The third-order valence-electron chi connectivity index (χ3n) is 6.29. The summed E-state index contributed by atoms with van der Waals surface area (Å²) in [5.74, 6) is 0.443. The van der Waals surface area contributed by atoms with E-state index >= 15 is 0 Å². The number of benzene rings is 3. The summed E-state index contributed by atoms with van der Waals surface area (Å²) in [6.07, 6.45) is 0. The number of sulfonamides is 1. The van der Waals surface area contributed by atoms with Crippen molar-refractivity contribution >= 4 is 27.1 Å². The van der Waals surface area contributed by atoms with Gasteiger partial charge >= 0.3 is 0 Å². The van der Waals surface area contributed by atoms with Crippen molar-refractivity contribution < 1.29 is 13.3 Å². The lowest BCUT2D eigenvalue weighted by atomic mass is 10.0. The topological polar surface area (TPSA) is 95.8 Å². The maximum Gasteiger partial charge on any atom is 0.292 e. The predicted molar refractivity (Wildman–Crippen MR) is 138 cm³/mol. The molecule has 4 rings (SSSR count). The van der Waals surface area contributed by atoms with Crippen LogP contribution in [0.25, 0.3) is 0 Å². The van der Waals surface area contributed by atoms with E-state index in [0.717, 1.165) is 11.3 Å². The summed E-state index contributed by atoms with van der Waals surface area (Å²) in [4.78, 5) is 13.6. The first kappa shape index (κ1) is 24.7. The van der Waals surface area contributed by atoms with Crippen LogP contribution in [-0.4, -0.2) is 43.8 Å². The Balaban J connectivity index is 1.46. The minimum Gasteiger partial charge on any atom is -0.375 e. The molecule has 8 nitrogen and oxygen atoms in total. The van der Waals surface area contributed by atoms with Gasteiger partial charge in [0, 0.05) is 44.5 Å². The third-order valence-corrected chi connectivity index (χ3v) is 8.20. The smallest absolute Gasteiger partial charge is 0.292 e. The quantitative estimate of drug-likeness (QED) is 0.356. The molecule has 0 saturated carbocycles. The van der Waals surface area contributed by atoms with Crippen molar-refractivity contribution in [3.05, 3.63) is 94.0 Å². The summed E-state index contributed by atoms with van der Waals surface area (Å²) in [7, 11) is -3.54. The van der Waals surface area contributed by atoms with Gasteiger partial charge in [-0.05, 0) is 41.3 Å². The fourth-order valence-corrected chi connectivity index (χ4v) is 5.61. The summed E-state index contributed by atoms with van der Waals surface area (Å²) in [6, 6.07) is 21.7. The molecule has 0 aromatic heterocycles. The summed E-state index contributed by atoms with van der Waals surface area (Å²) < 4.78 is 27.3. The van der Waals surface area contributed by atoms with E-state index in [9.17, 15) is 18.5 Å². The molecule has 0 radical (unpaired) electrons. The number of nitro groups is 1. The van der Waals surface area contributed by atoms with Gasteiger partial charge in [-0.3, -0.25) is 10.1 Å². The molecule has 3 aromatic carbocycles. The second-order valence-electron chi connectivity index (χ2n) is 8.91. The first-order valence-electron chi connectivity index (χ1n) is 11.7. The number of nitrogens with zero attached hydrogens (tertiary/aromatic N) is 3. The number of piperazine rings is 1. The van der Waals surface area contributed by atoms with Gasteiger partial charge in [-0.1, -0.05) is 56.3 Å². The van der Waals surface area contributed by atoms with Crippen molar-refractivity contribution in [2.75, 3.05) is 36.4 Å². The first-order chi connectivity index (χ1) is 16.8. The molecule has 0 aliphatic carbocycles. The second kappa shape index (κ2) is 10.5. The van der Waals surface area contributed by atoms with Gasteiger partial charge in [-0.25, -0.2) is 8.42 Å². The van der Waals surface area contributed by atoms with E-state index in [2.05, 4.69) is 36.2 Å². The average molecular weight is 495 g/mol. The van der Waals surface area contributed by atoms with E-state index in [-0.39, 0.29) is 10.6 Å². The minimum absolute atomic E-state index is 0.0119. The number of hydrogen-bond donors (Lipinski definition) is 1. The van der Waals surface area contributed by atoms with Crippen LogP contribution in [0.2, 0.25) is 0 Å². The molecule has 184 valence electrons. The summed E-state index contributed by atoms with van der Waals surface area (Å²) in [6.45, 7) is 6.43. The maximum absolute atomic E-state index is 12.9. The summed E-state index contributed by atoms with van der Waals surface area (Å²) in [5.41, 5.74) is 3.56. The largest absolute Gasteiger partial charge is 0.375 e. The lowest BCUT2D eigenvalue weighted by Gasteiger charge is -2.35. The Bertz CT molecular complexity index is 1270. The fourth-order valence-electron chi connectivity index (χ4n) is 4.17. The average Bonchev–Trinajstić information content (AvgIpc) is 2.88. The molecule has 1 aliphatic rings. The van der Waals surface area contributed by atoms with Crippen molar-refractivity contribution in [1.82, 2.24) is 4.31 Å².